The van der Waals surface area contributed by atoms with Crippen molar-refractivity contribution < 1.29 is 9.53 Å². The number of nitrogens with one attached hydrogen (secondary N) is 1. The summed E-state index contributed by atoms with van der Waals surface area (Å²) in [5.41, 5.74) is 5.03. The minimum atomic E-state index is -0.761. The zero-order valence-corrected chi connectivity index (χ0v) is 9.84. The number of primary amides is 1. The topological polar surface area (TPSA) is 90.1 Å². The molecular formula is C12H13N3O3. The van der Waals surface area contributed by atoms with Gasteiger partial charge < -0.3 is 10.5 Å². The number of ether oxygens (including phenoxy) is 1. The molecule has 0 aliphatic carbocycles. The van der Waals surface area contributed by atoms with Crippen LogP contribution < -0.4 is 16.0 Å². The molecule has 2 rings (SSSR count). The summed E-state index contributed by atoms with van der Waals surface area (Å²) in [5, 5.41) is 2.47. The van der Waals surface area contributed by atoms with Gasteiger partial charge in [-0.2, -0.15) is 0 Å². The van der Waals surface area contributed by atoms with Crippen molar-refractivity contribution in [3.63, 3.8) is 0 Å². The fourth-order valence-electron chi connectivity index (χ4n) is 1.67. The third-order valence-corrected chi connectivity index (χ3v) is 2.55. The number of para-hydroxylation sites is 1. The molecule has 0 fully saturated rings. The van der Waals surface area contributed by atoms with Crippen molar-refractivity contribution in [2.24, 2.45) is 12.8 Å². The number of aryl methyl sites for hydroxylation is 1. The van der Waals surface area contributed by atoms with Crippen molar-refractivity contribution in [2.75, 3.05) is 0 Å². The van der Waals surface area contributed by atoms with Crippen LogP contribution in [-0.2, 0) is 13.7 Å². The second kappa shape index (κ2) is 4.79. The molecule has 0 saturated carbocycles. The summed E-state index contributed by atoms with van der Waals surface area (Å²) in [6, 6.07) is 9.11. The molecule has 18 heavy (non-hydrogen) atoms. The standard InChI is InChI=1S/C12H13N3O3/c1-15-9(10(11(13)16)12(17)14-15)7-18-8-5-3-2-4-6-8/h2-6H,7H2,1H3,(H2,13,16)(H,14,17). The van der Waals surface area contributed by atoms with E-state index in [0.29, 0.717) is 11.4 Å². The van der Waals surface area contributed by atoms with Gasteiger partial charge in [0.1, 0.15) is 17.9 Å². The Balaban J connectivity index is 2.24. The molecule has 6 nitrogen and oxygen atoms in total. The summed E-state index contributed by atoms with van der Waals surface area (Å²) in [6.45, 7) is 0.0948. The van der Waals surface area contributed by atoms with E-state index in [9.17, 15) is 9.59 Å². The Morgan fingerprint density at radius 3 is 2.67 bits per heavy atom. The van der Waals surface area contributed by atoms with Crippen LogP contribution in [0.25, 0.3) is 0 Å². The van der Waals surface area contributed by atoms with E-state index in [4.69, 9.17) is 10.5 Å². The Bertz CT molecular complexity index is 613. The van der Waals surface area contributed by atoms with Crippen molar-refractivity contribution in [1.82, 2.24) is 9.78 Å². The summed E-state index contributed by atoms with van der Waals surface area (Å²) in [5.74, 6) is -0.106. The normalized spacial score (nSPS) is 10.3. The van der Waals surface area contributed by atoms with Gasteiger partial charge >= 0.3 is 0 Å². The molecule has 94 valence electrons. The molecule has 6 heteroatoms. The number of rotatable bonds is 4. The summed E-state index contributed by atoms with van der Waals surface area (Å²) >= 11 is 0. The molecular weight excluding hydrogens is 234 g/mol. The van der Waals surface area contributed by atoms with Gasteiger partial charge in [0.25, 0.3) is 11.5 Å². The van der Waals surface area contributed by atoms with Gasteiger partial charge in [-0.1, -0.05) is 18.2 Å². The molecule has 2 aromatic rings. The molecule has 0 bridgehead atoms. The van der Waals surface area contributed by atoms with Gasteiger partial charge in [-0.15, -0.1) is 0 Å². The van der Waals surface area contributed by atoms with Crippen LogP contribution in [-0.4, -0.2) is 15.7 Å². The Morgan fingerprint density at radius 2 is 2.06 bits per heavy atom. The highest BCUT2D eigenvalue weighted by Gasteiger charge is 2.18. The largest absolute Gasteiger partial charge is 0.487 e. The molecule has 0 aliphatic rings. The van der Waals surface area contributed by atoms with Crippen molar-refractivity contribution >= 4 is 5.91 Å². The zero-order valence-electron chi connectivity index (χ0n) is 9.84. The van der Waals surface area contributed by atoms with Gasteiger partial charge in [0.15, 0.2) is 0 Å². The number of hydrogen-bond acceptors (Lipinski definition) is 3. The minimum absolute atomic E-state index is 0.0616. The highest BCUT2D eigenvalue weighted by atomic mass is 16.5. The number of nitrogens with two attached hydrogens (primary N) is 1. The van der Waals surface area contributed by atoms with E-state index < -0.39 is 11.5 Å². The number of carbonyl (C=O) groups excluding carboxylic acids is 1. The second-order valence-electron chi connectivity index (χ2n) is 3.79. The van der Waals surface area contributed by atoms with Crippen LogP contribution in [0.5, 0.6) is 5.75 Å². The Labute approximate surface area is 103 Å². The third-order valence-electron chi connectivity index (χ3n) is 2.55. The average molecular weight is 247 g/mol. The van der Waals surface area contributed by atoms with E-state index in [2.05, 4.69) is 5.10 Å². The Kier molecular flexibility index (Phi) is 3.18. The number of amides is 1. The van der Waals surface area contributed by atoms with E-state index in [1.165, 1.54) is 4.68 Å². The lowest BCUT2D eigenvalue weighted by atomic mass is 10.2. The molecule has 3 N–H and O–H groups in total. The van der Waals surface area contributed by atoms with E-state index in [0.717, 1.165) is 0 Å². The monoisotopic (exact) mass is 247 g/mol. The van der Waals surface area contributed by atoms with E-state index in [1.807, 2.05) is 18.2 Å². The summed E-state index contributed by atoms with van der Waals surface area (Å²) in [6.07, 6.45) is 0. The number of H-pyrrole nitrogens is 1. The van der Waals surface area contributed by atoms with Crippen LogP contribution in [0, 0.1) is 0 Å². The van der Waals surface area contributed by atoms with Gasteiger partial charge in [-0.05, 0) is 12.1 Å². The maximum atomic E-state index is 11.5. The molecule has 1 aromatic heterocycles. The maximum absolute atomic E-state index is 11.5. The van der Waals surface area contributed by atoms with E-state index in [1.54, 1.807) is 19.2 Å². The number of nitrogens with zero attached hydrogens (tertiary/aromatic N) is 1. The van der Waals surface area contributed by atoms with Crippen molar-refractivity contribution in [3.8, 4) is 5.75 Å². The number of benzene rings is 1. The van der Waals surface area contributed by atoms with Crippen LogP contribution in [0.2, 0.25) is 0 Å². The summed E-state index contributed by atoms with van der Waals surface area (Å²) in [4.78, 5) is 22.7. The fraction of sp³-hybridized carbons (Fsp3) is 0.167. The van der Waals surface area contributed by atoms with Crippen molar-refractivity contribution in [2.45, 2.75) is 6.61 Å². The number of hydrogen-bond donors (Lipinski definition) is 2. The van der Waals surface area contributed by atoms with Crippen molar-refractivity contribution in [3.05, 3.63) is 51.9 Å². The quantitative estimate of drug-likeness (QED) is 0.819. The van der Waals surface area contributed by atoms with E-state index in [-0.39, 0.29) is 12.2 Å². The highest BCUT2D eigenvalue weighted by molar-refractivity contribution is 5.93. The van der Waals surface area contributed by atoms with Gasteiger partial charge in [-0.3, -0.25) is 19.4 Å². The van der Waals surface area contributed by atoms with Gasteiger partial charge in [0.05, 0.1) is 5.69 Å². The van der Waals surface area contributed by atoms with E-state index >= 15 is 0 Å². The molecule has 1 amide bonds. The van der Waals surface area contributed by atoms with Crippen LogP contribution >= 0.6 is 0 Å². The average Bonchev–Trinajstić information content (AvgIpc) is 2.62. The number of carbonyl (C=O) groups is 1. The minimum Gasteiger partial charge on any atom is -0.487 e. The fourth-order valence-corrected chi connectivity index (χ4v) is 1.67. The summed E-state index contributed by atoms with van der Waals surface area (Å²) in [7, 11) is 1.62. The lowest BCUT2D eigenvalue weighted by molar-refractivity contribution is 0.0996. The van der Waals surface area contributed by atoms with Crippen LogP contribution in [0.4, 0.5) is 0 Å². The first-order valence-electron chi connectivity index (χ1n) is 5.35. The first-order valence-corrected chi connectivity index (χ1v) is 5.35. The molecule has 0 aliphatic heterocycles. The molecule has 0 saturated heterocycles. The second-order valence-corrected chi connectivity index (χ2v) is 3.79. The third kappa shape index (κ3) is 2.27. The van der Waals surface area contributed by atoms with Gasteiger partial charge in [-0.25, -0.2) is 0 Å². The van der Waals surface area contributed by atoms with Gasteiger partial charge in [0, 0.05) is 7.05 Å². The number of aromatic amines is 1. The van der Waals surface area contributed by atoms with Crippen LogP contribution in [0.15, 0.2) is 35.1 Å². The zero-order chi connectivity index (χ0) is 13.1. The maximum Gasteiger partial charge on any atom is 0.277 e. The molecule has 1 aromatic carbocycles. The Morgan fingerprint density at radius 1 is 1.39 bits per heavy atom. The SMILES string of the molecule is Cn1[nH]c(=O)c(C(N)=O)c1COc1ccccc1. The highest BCUT2D eigenvalue weighted by Crippen LogP contribution is 2.12. The number of aromatic nitrogens is 2. The molecule has 0 unspecified atom stereocenters. The predicted molar refractivity (Wildman–Crippen MR) is 65.3 cm³/mol. The molecule has 0 radical (unpaired) electrons. The van der Waals surface area contributed by atoms with Crippen LogP contribution in [0.3, 0.4) is 0 Å². The first-order chi connectivity index (χ1) is 8.59. The van der Waals surface area contributed by atoms with Gasteiger partial charge in [0.2, 0.25) is 0 Å². The molecule has 0 spiro atoms. The molecule has 0 atom stereocenters. The van der Waals surface area contributed by atoms with Crippen LogP contribution in [0.1, 0.15) is 16.1 Å². The molecule has 1 heterocycles. The van der Waals surface area contributed by atoms with Crippen molar-refractivity contribution in [1.29, 1.82) is 0 Å². The Hall–Kier alpha value is -2.50. The first kappa shape index (κ1) is 12.0. The smallest absolute Gasteiger partial charge is 0.277 e. The summed E-state index contributed by atoms with van der Waals surface area (Å²) < 4.78 is 6.93. The predicted octanol–water partition coefficient (Wildman–Crippen LogP) is 0.391. The lowest BCUT2D eigenvalue weighted by Crippen LogP contribution is -2.21. The lowest BCUT2D eigenvalue weighted by Gasteiger charge is -2.07.